The van der Waals surface area contributed by atoms with Crippen molar-refractivity contribution in [2.24, 2.45) is 0 Å². The molecule has 0 radical (unpaired) electrons. The van der Waals surface area contributed by atoms with Crippen LogP contribution in [-0.2, 0) is 0 Å². The Morgan fingerprint density at radius 2 is 0.818 bits per heavy atom. The quantitative estimate of drug-likeness (QED) is 0.174. The summed E-state index contributed by atoms with van der Waals surface area (Å²) in [6, 6.07) is 74.9. The van der Waals surface area contributed by atoms with E-state index in [-0.39, 0.29) is 0 Å². The third kappa shape index (κ3) is 5.76. The molecule has 0 aromatic heterocycles. The Hall–Kier alpha value is -7.16. The highest BCUT2D eigenvalue weighted by molar-refractivity contribution is 6.24. The molecule has 55 heavy (non-hydrogen) atoms. The van der Waals surface area contributed by atoms with Gasteiger partial charge >= 0.3 is 0 Å². The molecule has 1 aliphatic rings. The van der Waals surface area contributed by atoms with Crippen LogP contribution in [0.2, 0.25) is 0 Å². The van der Waals surface area contributed by atoms with Gasteiger partial charge in [-0.15, -0.1) is 0 Å². The van der Waals surface area contributed by atoms with Gasteiger partial charge in [-0.25, -0.2) is 0 Å². The van der Waals surface area contributed by atoms with Crippen molar-refractivity contribution in [3.63, 3.8) is 0 Å². The van der Waals surface area contributed by atoms with E-state index in [0.29, 0.717) is 0 Å². The molecular formula is C53H38N2. The van der Waals surface area contributed by atoms with Crippen LogP contribution in [0.4, 0.5) is 17.1 Å². The normalized spacial score (nSPS) is 12.5. The fraction of sp³-hybridized carbons (Fsp3) is 0.0189. The van der Waals surface area contributed by atoms with Gasteiger partial charge in [0.05, 0.1) is 17.1 Å². The monoisotopic (exact) mass is 702 g/mol. The van der Waals surface area contributed by atoms with Gasteiger partial charge in [-0.05, 0) is 102 Å². The molecule has 0 unspecified atom stereocenters. The summed E-state index contributed by atoms with van der Waals surface area (Å²) in [6.07, 6.45) is 2.31. The lowest BCUT2D eigenvalue weighted by atomic mass is 9.82. The van der Waals surface area contributed by atoms with Crippen LogP contribution in [-0.4, -0.2) is 6.54 Å². The molecule has 9 aromatic rings. The first kappa shape index (κ1) is 32.5. The van der Waals surface area contributed by atoms with Gasteiger partial charge in [0.2, 0.25) is 0 Å². The van der Waals surface area contributed by atoms with Crippen LogP contribution in [0.25, 0.3) is 71.7 Å². The van der Waals surface area contributed by atoms with E-state index >= 15 is 0 Å². The molecule has 1 heterocycles. The predicted octanol–water partition coefficient (Wildman–Crippen LogP) is 14.3. The number of hydrogen-bond donors (Lipinski definition) is 1. The second-order valence-electron chi connectivity index (χ2n) is 14.0. The topological polar surface area (TPSA) is 15.3 Å². The zero-order valence-corrected chi connectivity index (χ0v) is 30.4. The van der Waals surface area contributed by atoms with Crippen LogP contribution in [0, 0.1) is 0 Å². The number of nitrogens with zero attached hydrogens (tertiary/aromatic N) is 1. The van der Waals surface area contributed by atoms with Crippen LogP contribution in [0.15, 0.2) is 212 Å². The third-order valence-corrected chi connectivity index (χ3v) is 10.9. The van der Waals surface area contributed by atoms with Crippen LogP contribution < -0.4 is 10.2 Å². The summed E-state index contributed by atoms with van der Waals surface area (Å²) in [5.41, 5.74) is 15.4. The zero-order valence-electron chi connectivity index (χ0n) is 30.4. The lowest BCUT2D eigenvalue weighted by molar-refractivity contribution is 1.31. The van der Waals surface area contributed by atoms with Gasteiger partial charge in [0, 0.05) is 12.2 Å². The minimum Gasteiger partial charge on any atom is -0.380 e. The van der Waals surface area contributed by atoms with Crippen molar-refractivity contribution in [1.82, 2.24) is 0 Å². The van der Waals surface area contributed by atoms with Crippen molar-refractivity contribution in [3.8, 4) is 44.5 Å². The Kier molecular flexibility index (Phi) is 8.27. The second kappa shape index (κ2) is 14.0. The molecule has 0 amide bonds. The average Bonchev–Trinajstić information content (AvgIpc) is 3.46. The second-order valence-corrected chi connectivity index (χ2v) is 14.0. The van der Waals surface area contributed by atoms with Gasteiger partial charge in [0.25, 0.3) is 0 Å². The summed E-state index contributed by atoms with van der Waals surface area (Å²) in [5.74, 6) is 0. The maximum Gasteiger partial charge on any atom is 0.0693 e. The van der Waals surface area contributed by atoms with Gasteiger partial charge < -0.3 is 10.2 Å². The van der Waals surface area contributed by atoms with Crippen molar-refractivity contribution < 1.29 is 0 Å². The first-order chi connectivity index (χ1) is 27.3. The highest BCUT2D eigenvalue weighted by atomic mass is 15.2. The van der Waals surface area contributed by atoms with E-state index in [9.17, 15) is 0 Å². The summed E-state index contributed by atoms with van der Waals surface area (Å²) in [5, 5.41) is 8.57. The number of hydrogen-bond acceptors (Lipinski definition) is 2. The van der Waals surface area contributed by atoms with Crippen LogP contribution in [0.3, 0.4) is 0 Å². The molecule has 0 fully saturated rings. The summed E-state index contributed by atoms with van der Waals surface area (Å²) in [7, 11) is 0. The molecule has 0 bridgehead atoms. The maximum absolute atomic E-state index is 3.68. The summed E-state index contributed by atoms with van der Waals surface area (Å²) in [4.78, 5) is 2.43. The first-order valence-corrected chi connectivity index (χ1v) is 19.0. The Labute approximate surface area is 322 Å². The SMILES string of the molecule is C1=C(c2ccccc2)N(c2ccc3c(-c4ccccc4-c4ccccc4)c4ccccc4c(-c4ccccc4-c4ccccc4)c3c2)c2ccccc2NC1. The Morgan fingerprint density at radius 3 is 1.42 bits per heavy atom. The van der Waals surface area contributed by atoms with E-state index in [1.807, 2.05) is 0 Å². The molecule has 1 aliphatic heterocycles. The molecule has 10 rings (SSSR count). The average molecular weight is 703 g/mol. The molecule has 0 aliphatic carbocycles. The van der Waals surface area contributed by atoms with Crippen molar-refractivity contribution in [1.29, 1.82) is 0 Å². The minimum atomic E-state index is 0.728. The standard InChI is InChI=1S/C53H38N2/c1-4-18-37(19-5-1)41-24-10-12-26-43(41)52-45-28-14-15-29-46(45)53(44-27-13-11-25-42(44)38-20-6-2-7-21-38)48-36-40(32-33-47(48)52)55-50(39-22-8-3-9-23-39)34-35-54-49-30-16-17-31-51(49)55/h1-34,36,54H,35H2. The molecule has 2 heteroatoms. The maximum atomic E-state index is 3.68. The highest BCUT2D eigenvalue weighted by Gasteiger charge is 2.25. The number of nitrogens with one attached hydrogen (secondary N) is 1. The Bertz CT molecular complexity index is 2860. The van der Waals surface area contributed by atoms with Crippen LogP contribution >= 0.6 is 0 Å². The van der Waals surface area contributed by atoms with Gasteiger partial charge in [-0.2, -0.15) is 0 Å². The molecule has 2 nitrogen and oxygen atoms in total. The van der Waals surface area contributed by atoms with Crippen molar-refractivity contribution >= 4 is 44.3 Å². The number of fused-ring (bicyclic) bond motifs is 3. The fourth-order valence-corrected chi connectivity index (χ4v) is 8.46. The molecule has 9 aromatic carbocycles. The lowest BCUT2D eigenvalue weighted by Gasteiger charge is -2.29. The molecular weight excluding hydrogens is 665 g/mol. The molecule has 0 spiro atoms. The van der Waals surface area contributed by atoms with Crippen LogP contribution in [0.1, 0.15) is 5.56 Å². The highest BCUT2D eigenvalue weighted by Crippen LogP contribution is 2.50. The van der Waals surface area contributed by atoms with E-state index < -0.39 is 0 Å². The van der Waals surface area contributed by atoms with E-state index in [0.717, 1.165) is 29.3 Å². The zero-order chi connectivity index (χ0) is 36.6. The van der Waals surface area contributed by atoms with Crippen molar-refractivity contribution in [3.05, 3.63) is 218 Å². The third-order valence-electron chi connectivity index (χ3n) is 10.9. The molecule has 0 saturated carbocycles. The van der Waals surface area contributed by atoms with E-state index in [2.05, 4.69) is 223 Å². The Morgan fingerprint density at radius 1 is 0.364 bits per heavy atom. The smallest absolute Gasteiger partial charge is 0.0693 e. The fourth-order valence-electron chi connectivity index (χ4n) is 8.46. The first-order valence-electron chi connectivity index (χ1n) is 19.0. The number of anilines is 3. The van der Waals surface area contributed by atoms with Gasteiger partial charge in [0.15, 0.2) is 0 Å². The van der Waals surface area contributed by atoms with Gasteiger partial charge in [-0.3, -0.25) is 0 Å². The van der Waals surface area contributed by atoms with E-state index in [4.69, 9.17) is 0 Å². The summed E-state index contributed by atoms with van der Waals surface area (Å²) in [6.45, 7) is 0.728. The van der Waals surface area contributed by atoms with E-state index in [1.165, 1.54) is 71.6 Å². The molecule has 0 atom stereocenters. The molecule has 260 valence electrons. The largest absolute Gasteiger partial charge is 0.380 e. The number of benzene rings is 9. The number of para-hydroxylation sites is 2. The Balaban J connectivity index is 1.33. The van der Waals surface area contributed by atoms with Crippen molar-refractivity contribution in [2.45, 2.75) is 0 Å². The predicted molar refractivity (Wildman–Crippen MR) is 235 cm³/mol. The molecule has 1 N–H and O–H groups in total. The van der Waals surface area contributed by atoms with Crippen molar-refractivity contribution in [2.75, 3.05) is 16.8 Å². The van der Waals surface area contributed by atoms with E-state index in [1.54, 1.807) is 0 Å². The van der Waals surface area contributed by atoms with Crippen LogP contribution in [0.5, 0.6) is 0 Å². The van der Waals surface area contributed by atoms with Gasteiger partial charge in [-0.1, -0.05) is 182 Å². The summed E-state index contributed by atoms with van der Waals surface area (Å²) < 4.78 is 0. The lowest BCUT2D eigenvalue weighted by Crippen LogP contribution is -2.15. The summed E-state index contributed by atoms with van der Waals surface area (Å²) >= 11 is 0. The van der Waals surface area contributed by atoms with Gasteiger partial charge in [0.1, 0.15) is 0 Å². The minimum absolute atomic E-state index is 0.728. The number of rotatable bonds is 6. The molecule has 0 saturated heterocycles.